The molecule has 1 aromatic rings. The Hall–Kier alpha value is -0.900. The second kappa shape index (κ2) is 5.10. The van der Waals surface area contributed by atoms with Crippen LogP contribution in [0.4, 0.5) is 4.39 Å². The second-order valence-electron chi connectivity index (χ2n) is 2.71. The molecular weight excluding hydrogens is 251 g/mol. The molecule has 0 aliphatic rings. The number of rotatable bonds is 4. The zero-order valence-corrected chi connectivity index (χ0v) is 9.30. The van der Waals surface area contributed by atoms with Crippen LogP contribution >= 0.6 is 15.9 Å². The van der Waals surface area contributed by atoms with E-state index in [1.807, 2.05) is 0 Å². The first-order valence-electron chi connectivity index (χ1n) is 4.11. The molecule has 0 atom stereocenters. The summed E-state index contributed by atoms with van der Waals surface area (Å²) >= 11 is 3.17. The highest BCUT2D eigenvalue weighted by atomic mass is 79.9. The number of carbonyl (C=O) groups excluding carboxylic acids is 1. The van der Waals surface area contributed by atoms with Crippen LogP contribution < -0.4 is 4.74 Å². The van der Waals surface area contributed by atoms with Crippen molar-refractivity contribution in [2.45, 2.75) is 6.42 Å². The largest absolute Gasteiger partial charge is 0.496 e. The van der Waals surface area contributed by atoms with Crippen LogP contribution in [0.2, 0.25) is 0 Å². The molecule has 0 heterocycles. The van der Waals surface area contributed by atoms with Crippen LogP contribution in [0.3, 0.4) is 0 Å². The van der Waals surface area contributed by atoms with Crippen LogP contribution in [0, 0.1) is 5.82 Å². The fourth-order valence-corrected chi connectivity index (χ4v) is 1.48. The van der Waals surface area contributed by atoms with E-state index in [1.165, 1.54) is 25.3 Å². The van der Waals surface area contributed by atoms with Gasteiger partial charge in [0.1, 0.15) is 11.6 Å². The second-order valence-corrected chi connectivity index (χ2v) is 3.50. The van der Waals surface area contributed by atoms with Gasteiger partial charge in [0.15, 0.2) is 5.78 Å². The van der Waals surface area contributed by atoms with Crippen molar-refractivity contribution in [3.05, 3.63) is 29.6 Å². The number of alkyl halides is 1. The number of Topliss-reactive ketones (excluding diaryl/α,β-unsaturated/α-hetero) is 1. The maximum Gasteiger partial charge on any atom is 0.167 e. The molecule has 0 radical (unpaired) electrons. The summed E-state index contributed by atoms with van der Waals surface area (Å²) in [7, 11) is 1.42. The van der Waals surface area contributed by atoms with Crippen molar-refractivity contribution < 1.29 is 13.9 Å². The van der Waals surface area contributed by atoms with Gasteiger partial charge in [-0.15, -0.1) is 0 Å². The van der Waals surface area contributed by atoms with Gasteiger partial charge in [-0.3, -0.25) is 4.79 Å². The molecule has 1 aromatic carbocycles. The summed E-state index contributed by atoms with van der Waals surface area (Å²) in [4.78, 5) is 11.5. The maximum absolute atomic E-state index is 12.8. The molecule has 1 rings (SSSR count). The Kier molecular flexibility index (Phi) is 4.07. The van der Waals surface area contributed by atoms with Gasteiger partial charge in [0.05, 0.1) is 12.7 Å². The normalized spacial score (nSPS) is 9.93. The third kappa shape index (κ3) is 2.54. The standard InChI is InChI=1S/C10H10BrFO2/c1-14-10-6-7(12)2-3-8(10)9(13)4-5-11/h2-3,6H,4-5H2,1H3. The van der Waals surface area contributed by atoms with Gasteiger partial charge in [-0.25, -0.2) is 4.39 Å². The highest BCUT2D eigenvalue weighted by Gasteiger charge is 2.11. The van der Waals surface area contributed by atoms with E-state index in [-0.39, 0.29) is 11.5 Å². The van der Waals surface area contributed by atoms with Gasteiger partial charge in [-0.2, -0.15) is 0 Å². The topological polar surface area (TPSA) is 26.3 Å². The van der Waals surface area contributed by atoms with Crippen molar-refractivity contribution in [3.8, 4) is 5.75 Å². The minimum atomic E-state index is -0.405. The lowest BCUT2D eigenvalue weighted by molar-refractivity contribution is 0.0987. The zero-order chi connectivity index (χ0) is 10.6. The fourth-order valence-electron chi connectivity index (χ4n) is 1.12. The maximum atomic E-state index is 12.8. The molecule has 0 aliphatic heterocycles. The van der Waals surface area contributed by atoms with Gasteiger partial charge in [0.25, 0.3) is 0 Å². The Balaban J connectivity index is 3.01. The summed E-state index contributed by atoms with van der Waals surface area (Å²) in [6.45, 7) is 0. The van der Waals surface area contributed by atoms with Crippen LogP contribution in [0.25, 0.3) is 0 Å². The summed E-state index contributed by atoms with van der Waals surface area (Å²) < 4.78 is 17.7. The molecule has 0 aromatic heterocycles. The summed E-state index contributed by atoms with van der Waals surface area (Å²) in [5.41, 5.74) is 0.424. The van der Waals surface area contributed by atoms with Crippen molar-refractivity contribution in [2.24, 2.45) is 0 Å². The Labute approximate surface area is 90.2 Å². The summed E-state index contributed by atoms with van der Waals surface area (Å²) in [5, 5.41) is 0.590. The molecule has 0 N–H and O–H groups in total. The van der Waals surface area contributed by atoms with Gasteiger partial charge < -0.3 is 4.74 Å². The molecule has 0 fully saturated rings. The third-order valence-corrected chi connectivity index (χ3v) is 2.18. The molecule has 14 heavy (non-hydrogen) atoms. The Morgan fingerprint density at radius 3 is 2.86 bits per heavy atom. The molecule has 0 bridgehead atoms. The number of carbonyl (C=O) groups is 1. The summed E-state index contributed by atoms with van der Waals surface area (Å²) in [6.07, 6.45) is 0.377. The molecule has 0 saturated carbocycles. The monoisotopic (exact) mass is 260 g/mol. The number of halogens is 2. The predicted octanol–water partition coefficient (Wildman–Crippen LogP) is 2.80. The summed E-state index contributed by atoms with van der Waals surface area (Å²) in [5.74, 6) is -0.174. The molecule has 76 valence electrons. The van der Waals surface area contributed by atoms with Crippen LogP contribution in [0.1, 0.15) is 16.8 Å². The molecule has 4 heteroatoms. The highest BCUT2D eigenvalue weighted by Crippen LogP contribution is 2.21. The van der Waals surface area contributed by atoms with E-state index < -0.39 is 5.82 Å². The van der Waals surface area contributed by atoms with Crippen molar-refractivity contribution in [1.29, 1.82) is 0 Å². The van der Waals surface area contributed by atoms with Gasteiger partial charge >= 0.3 is 0 Å². The quantitative estimate of drug-likeness (QED) is 0.615. The minimum absolute atomic E-state index is 0.0567. The van der Waals surface area contributed by atoms with E-state index >= 15 is 0 Å². The summed E-state index contributed by atoms with van der Waals surface area (Å²) in [6, 6.07) is 3.91. The van der Waals surface area contributed by atoms with Crippen LogP contribution in [0.5, 0.6) is 5.75 Å². The van der Waals surface area contributed by atoms with Gasteiger partial charge in [-0.05, 0) is 12.1 Å². The van der Waals surface area contributed by atoms with E-state index in [0.29, 0.717) is 17.3 Å². The molecule has 2 nitrogen and oxygen atoms in total. The number of hydrogen-bond acceptors (Lipinski definition) is 2. The van der Waals surface area contributed by atoms with Crippen molar-refractivity contribution in [2.75, 3.05) is 12.4 Å². The minimum Gasteiger partial charge on any atom is -0.496 e. The number of ketones is 1. The Bertz CT molecular complexity index is 339. The lowest BCUT2D eigenvalue weighted by Gasteiger charge is -2.06. The SMILES string of the molecule is COc1cc(F)ccc1C(=O)CCBr. The average Bonchev–Trinajstić information content (AvgIpc) is 2.17. The molecule has 0 saturated heterocycles. The molecule has 0 unspecified atom stereocenters. The van der Waals surface area contributed by atoms with E-state index in [9.17, 15) is 9.18 Å². The van der Waals surface area contributed by atoms with E-state index in [1.54, 1.807) is 0 Å². The van der Waals surface area contributed by atoms with Crippen LogP contribution in [0.15, 0.2) is 18.2 Å². The smallest absolute Gasteiger partial charge is 0.167 e. The Morgan fingerprint density at radius 1 is 1.57 bits per heavy atom. The third-order valence-electron chi connectivity index (χ3n) is 1.79. The van der Waals surface area contributed by atoms with Gasteiger partial charge in [0.2, 0.25) is 0 Å². The molecule has 0 amide bonds. The lowest BCUT2D eigenvalue weighted by atomic mass is 10.1. The first kappa shape index (κ1) is 11.2. The van der Waals surface area contributed by atoms with Crippen LogP contribution in [-0.2, 0) is 0 Å². The average molecular weight is 261 g/mol. The number of benzene rings is 1. The highest BCUT2D eigenvalue weighted by molar-refractivity contribution is 9.09. The molecule has 0 aliphatic carbocycles. The van der Waals surface area contributed by atoms with Crippen LogP contribution in [-0.4, -0.2) is 18.2 Å². The van der Waals surface area contributed by atoms with Gasteiger partial charge in [0, 0.05) is 17.8 Å². The van der Waals surface area contributed by atoms with Crippen molar-refractivity contribution >= 4 is 21.7 Å². The molecule has 0 spiro atoms. The van der Waals surface area contributed by atoms with E-state index in [0.717, 1.165) is 0 Å². The van der Waals surface area contributed by atoms with Crippen molar-refractivity contribution in [1.82, 2.24) is 0 Å². The first-order valence-corrected chi connectivity index (χ1v) is 5.24. The lowest BCUT2D eigenvalue weighted by Crippen LogP contribution is -2.02. The zero-order valence-electron chi connectivity index (χ0n) is 7.72. The number of ether oxygens (including phenoxy) is 1. The predicted molar refractivity (Wildman–Crippen MR) is 55.7 cm³/mol. The number of hydrogen-bond donors (Lipinski definition) is 0. The Morgan fingerprint density at radius 2 is 2.29 bits per heavy atom. The fraction of sp³-hybridized carbons (Fsp3) is 0.300. The van der Waals surface area contributed by atoms with E-state index in [4.69, 9.17) is 4.74 Å². The molecular formula is C10H10BrFO2. The first-order chi connectivity index (χ1) is 6.69. The van der Waals surface area contributed by atoms with E-state index in [2.05, 4.69) is 15.9 Å². The van der Waals surface area contributed by atoms with Crippen molar-refractivity contribution in [3.63, 3.8) is 0 Å². The van der Waals surface area contributed by atoms with Gasteiger partial charge in [-0.1, -0.05) is 15.9 Å². The number of methoxy groups -OCH3 is 1.